The zero-order valence-corrected chi connectivity index (χ0v) is 17.9. The molecule has 2 aromatic heterocycles. The van der Waals surface area contributed by atoms with Crippen LogP contribution >= 0.6 is 0 Å². The van der Waals surface area contributed by atoms with Crippen LogP contribution < -0.4 is 14.9 Å². The summed E-state index contributed by atoms with van der Waals surface area (Å²) in [6, 6.07) is 10.2. The topological polar surface area (TPSA) is 99.6 Å². The molecule has 1 unspecified atom stereocenters. The summed E-state index contributed by atoms with van der Waals surface area (Å²) in [5.41, 5.74) is 0.682. The average molecular weight is 427 g/mol. The number of ether oxygens (including phenoxy) is 1. The summed E-state index contributed by atoms with van der Waals surface area (Å²) in [5.74, 6) is 0.140. The summed E-state index contributed by atoms with van der Waals surface area (Å²) in [7, 11) is -3.19. The number of pyridine rings is 2. The Kier molecular flexibility index (Phi) is 5.17. The van der Waals surface area contributed by atoms with Gasteiger partial charge in [-0.15, -0.1) is 0 Å². The van der Waals surface area contributed by atoms with E-state index in [9.17, 15) is 8.42 Å². The molecule has 1 saturated heterocycles. The normalized spacial score (nSPS) is 18.5. The van der Waals surface area contributed by atoms with Crippen molar-refractivity contribution in [1.82, 2.24) is 9.97 Å². The lowest BCUT2D eigenvalue weighted by Gasteiger charge is -2.21. The highest BCUT2D eigenvalue weighted by Gasteiger charge is 2.44. The number of hydrogen-bond donors (Lipinski definition) is 1. The van der Waals surface area contributed by atoms with E-state index in [0.29, 0.717) is 11.0 Å². The molecule has 1 aromatic carbocycles. The van der Waals surface area contributed by atoms with Crippen LogP contribution in [0, 0.1) is 0 Å². The van der Waals surface area contributed by atoms with Crippen LogP contribution in [0.2, 0.25) is 0 Å². The third-order valence-corrected chi connectivity index (χ3v) is 6.58. The third kappa shape index (κ3) is 3.73. The Morgan fingerprint density at radius 3 is 2.67 bits per heavy atom. The predicted molar refractivity (Wildman–Crippen MR) is 114 cm³/mol. The van der Waals surface area contributed by atoms with Crippen molar-refractivity contribution in [3.8, 4) is 5.88 Å². The number of fused-ring (bicyclic) bond motifs is 1. The quantitative estimate of drug-likeness (QED) is 0.624. The number of sulfonamides is 1. The maximum absolute atomic E-state index is 13.2. The van der Waals surface area contributed by atoms with Crippen LogP contribution in [0.25, 0.3) is 10.9 Å². The molecule has 0 bridgehead atoms. The van der Waals surface area contributed by atoms with E-state index in [0.717, 1.165) is 5.39 Å². The SMILES string of the molecule is COc1ncc(B2OC(C)C(C)(C)O2)cc1NS(=O)(=O)c1cccc2cccnc12. The second-order valence-electron chi connectivity index (χ2n) is 7.59. The Labute approximate surface area is 175 Å². The van der Waals surface area contributed by atoms with Gasteiger partial charge in [0.25, 0.3) is 10.0 Å². The van der Waals surface area contributed by atoms with Crippen LogP contribution in [0.5, 0.6) is 5.88 Å². The zero-order chi connectivity index (χ0) is 21.5. The van der Waals surface area contributed by atoms with Crippen molar-refractivity contribution in [3.05, 3.63) is 48.8 Å². The van der Waals surface area contributed by atoms with Crippen molar-refractivity contribution in [2.45, 2.75) is 37.4 Å². The van der Waals surface area contributed by atoms with Gasteiger partial charge in [-0.25, -0.2) is 13.4 Å². The molecule has 10 heteroatoms. The smallest absolute Gasteiger partial charge is 0.480 e. The lowest BCUT2D eigenvalue weighted by atomic mass is 9.80. The molecule has 8 nitrogen and oxygen atoms in total. The number of methoxy groups -OCH3 is 1. The minimum atomic E-state index is -3.96. The van der Waals surface area contributed by atoms with Crippen LogP contribution in [0.3, 0.4) is 0 Å². The van der Waals surface area contributed by atoms with E-state index in [1.165, 1.54) is 13.2 Å². The summed E-state index contributed by atoms with van der Waals surface area (Å²) in [6.07, 6.45) is 2.97. The minimum Gasteiger partial charge on any atom is -0.480 e. The molecule has 30 heavy (non-hydrogen) atoms. The van der Waals surface area contributed by atoms with Crippen molar-refractivity contribution in [1.29, 1.82) is 0 Å². The molecule has 1 atom stereocenters. The molecule has 0 saturated carbocycles. The number of benzene rings is 1. The summed E-state index contributed by atoms with van der Waals surface area (Å²) in [6.45, 7) is 5.80. The monoisotopic (exact) mass is 427 g/mol. The van der Waals surface area contributed by atoms with Crippen molar-refractivity contribution in [2.75, 3.05) is 11.8 Å². The Morgan fingerprint density at radius 1 is 1.20 bits per heavy atom. The Balaban J connectivity index is 1.71. The molecule has 3 heterocycles. The second kappa shape index (κ2) is 7.53. The molecular formula is C20H22BN3O5S. The van der Waals surface area contributed by atoms with Crippen LogP contribution in [0.15, 0.2) is 53.7 Å². The molecule has 1 fully saturated rings. The van der Waals surface area contributed by atoms with E-state index in [2.05, 4.69) is 14.7 Å². The Hall–Kier alpha value is -2.69. The van der Waals surface area contributed by atoms with E-state index in [1.54, 1.807) is 30.6 Å². The number of aromatic nitrogens is 2. The number of nitrogens with zero attached hydrogens (tertiary/aromatic N) is 2. The molecule has 1 aliphatic rings. The van der Waals surface area contributed by atoms with Gasteiger partial charge < -0.3 is 14.0 Å². The Morgan fingerprint density at radius 2 is 1.97 bits per heavy atom. The van der Waals surface area contributed by atoms with E-state index < -0.39 is 22.7 Å². The maximum Gasteiger partial charge on any atom is 0.496 e. The maximum atomic E-state index is 13.2. The molecule has 0 radical (unpaired) electrons. The molecular weight excluding hydrogens is 405 g/mol. The fourth-order valence-electron chi connectivity index (χ4n) is 3.22. The zero-order valence-electron chi connectivity index (χ0n) is 17.1. The lowest BCUT2D eigenvalue weighted by Crippen LogP contribution is -2.35. The first-order valence-corrected chi connectivity index (χ1v) is 10.9. The minimum absolute atomic E-state index is 0.0659. The van der Waals surface area contributed by atoms with Crippen LogP contribution in [-0.2, 0) is 19.3 Å². The highest BCUT2D eigenvalue weighted by Crippen LogP contribution is 2.29. The highest BCUT2D eigenvalue weighted by atomic mass is 32.2. The average Bonchev–Trinajstić information content (AvgIpc) is 2.99. The molecule has 4 rings (SSSR count). The first-order chi connectivity index (χ1) is 14.2. The van der Waals surface area contributed by atoms with Crippen LogP contribution in [0.4, 0.5) is 5.69 Å². The van der Waals surface area contributed by atoms with E-state index in [-0.39, 0.29) is 22.6 Å². The first-order valence-electron chi connectivity index (χ1n) is 9.45. The van der Waals surface area contributed by atoms with Gasteiger partial charge in [0, 0.05) is 23.2 Å². The van der Waals surface area contributed by atoms with E-state index in [1.807, 2.05) is 32.9 Å². The largest absolute Gasteiger partial charge is 0.496 e. The van der Waals surface area contributed by atoms with Crippen molar-refractivity contribution < 1.29 is 22.5 Å². The fraction of sp³-hybridized carbons (Fsp3) is 0.300. The lowest BCUT2D eigenvalue weighted by molar-refractivity contribution is 0.0842. The molecule has 0 amide bonds. The van der Waals surface area contributed by atoms with Gasteiger partial charge in [0.05, 0.1) is 24.3 Å². The second-order valence-corrected chi connectivity index (χ2v) is 9.24. The van der Waals surface area contributed by atoms with Gasteiger partial charge in [-0.2, -0.15) is 0 Å². The first kappa shape index (κ1) is 20.6. The van der Waals surface area contributed by atoms with Crippen molar-refractivity contribution >= 4 is 39.2 Å². The molecule has 3 aromatic rings. The number of para-hydroxylation sites is 1. The van der Waals surface area contributed by atoms with E-state index >= 15 is 0 Å². The van der Waals surface area contributed by atoms with Gasteiger partial charge in [0.1, 0.15) is 10.6 Å². The molecule has 0 aliphatic carbocycles. The standard InChI is InChI=1S/C20H22BN3O5S/c1-13-20(2,3)29-21(28-13)15-11-16(19(27-4)23-12-15)24-30(25,26)17-9-5-7-14-8-6-10-22-18(14)17/h5-13,24H,1-4H3. The number of hydrogen-bond acceptors (Lipinski definition) is 7. The molecule has 1 N–H and O–H groups in total. The highest BCUT2D eigenvalue weighted by molar-refractivity contribution is 7.93. The fourth-order valence-corrected chi connectivity index (χ4v) is 4.45. The summed E-state index contributed by atoms with van der Waals surface area (Å²) in [5, 5.41) is 0.725. The van der Waals surface area contributed by atoms with Gasteiger partial charge in [0.2, 0.25) is 5.88 Å². The van der Waals surface area contributed by atoms with Crippen molar-refractivity contribution in [2.24, 2.45) is 0 Å². The van der Waals surface area contributed by atoms with Gasteiger partial charge in [0.15, 0.2) is 0 Å². The third-order valence-electron chi connectivity index (χ3n) is 5.18. The summed E-state index contributed by atoms with van der Waals surface area (Å²) >= 11 is 0. The summed E-state index contributed by atoms with van der Waals surface area (Å²) in [4.78, 5) is 8.53. The molecule has 0 spiro atoms. The summed E-state index contributed by atoms with van der Waals surface area (Å²) < 4.78 is 46.0. The predicted octanol–water partition coefficient (Wildman–Crippen LogP) is 2.35. The van der Waals surface area contributed by atoms with Gasteiger partial charge in [-0.1, -0.05) is 18.2 Å². The van der Waals surface area contributed by atoms with Crippen molar-refractivity contribution in [3.63, 3.8) is 0 Å². The Bertz CT molecular complexity index is 1200. The van der Waals surface area contributed by atoms with Gasteiger partial charge in [-0.3, -0.25) is 9.71 Å². The number of rotatable bonds is 5. The molecule has 1 aliphatic heterocycles. The number of nitrogens with one attached hydrogen (secondary N) is 1. The molecule has 156 valence electrons. The van der Waals surface area contributed by atoms with Crippen LogP contribution in [0.1, 0.15) is 20.8 Å². The van der Waals surface area contributed by atoms with Gasteiger partial charge >= 0.3 is 7.12 Å². The number of anilines is 1. The van der Waals surface area contributed by atoms with E-state index in [4.69, 9.17) is 14.0 Å². The van der Waals surface area contributed by atoms with Gasteiger partial charge in [-0.05, 0) is 39.0 Å². The van der Waals surface area contributed by atoms with Crippen LogP contribution in [-0.4, -0.2) is 44.3 Å².